The lowest BCUT2D eigenvalue weighted by Gasteiger charge is -2.34. The van der Waals surface area contributed by atoms with Crippen molar-refractivity contribution >= 4 is 0 Å². The van der Waals surface area contributed by atoms with E-state index in [0.717, 1.165) is 26.1 Å². The fourth-order valence-corrected chi connectivity index (χ4v) is 1.66. The van der Waals surface area contributed by atoms with Crippen LogP contribution in [0.1, 0.15) is 19.8 Å². The number of allylic oxidation sites excluding steroid dienone is 2. The Hall–Kier alpha value is -0.600. The lowest BCUT2D eigenvalue weighted by Crippen LogP contribution is -2.38. The van der Waals surface area contributed by atoms with Crippen LogP contribution in [0.2, 0.25) is 0 Å². The third-order valence-electron chi connectivity index (χ3n) is 2.57. The Kier molecular flexibility index (Phi) is 2.51. The molecular formula is C11H16O2. The molecule has 1 saturated heterocycles. The highest BCUT2D eigenvalue weighted by Crippen LogP contribution is 2.27. The summed E-state index contributed by atoms with van der Waals surface area (Å²) in [6.45, 7) is 3.77. The number of rotatable bonds is 1. The maximum Gasteiger partial charge on any atom is 0.207 e. The first-order valence-electron chi connectivity index (χ1n) is 5.01. The molecular weight excluding hydrogens is 164 g/mol. The lowest BCUT2D eigenvalue weighted by molar-refractivity contribution is -0.206. The largest absolute Gasteiger partial charge is 0.343 e. The Morgan fingerprint density at radius 3 is 2.38 bits per heavy atom. The number of hydrogen-bond acceptors (Lipinski definition) is 2. The van der Waals surface area contributed by atoms with E-state index in [9.17, 15) is 0 Å². The normalized spacial score (nSPS) is 26.8. The van der Waals surface area contributed by atoms with Crippen LogP contribution in [-0.2, 0) is 9.47 Å². The van der Waals surface area contributed by atoms with Crippen LogP contribution in [0, 0.1) is 5.92 Å². The maximum absolute atomic E-state index is 5.60. The molecule has 2 nitrogen and oxygen atoms in total. The predicted octanol–water partition coefficient (Wildman–Crippen LogP) is 2.27. The lowest BCUT2D eigenvalue weighted by atomic mass is 9.97. The molecule has 0 aromatic rings. The summed E-state index contributed by atoms with van der Waals surface area (Å²) in [5.41, 5.74) is 0. The minimum Gasteiger partial charge on any atom is -0.343 e. The molecule has 1 spiro atoms. The van der Waals surface area contributed by atoms with Crippen LogP contribution in [0.5, 0.6) is 0 Å². The quantitative estimate of drug-likeness (QED) is 0.576. The predicted molar refractivity (Wildman–Crippen MR) is 51.3 cm³/mol. The van der Waals surface area contributed by atoms with E-state index in [2.05, 4.69) is 19.1 Å². The van der Waals surface area contributed by atoms with Crippen LogP contribution in [0.3, 0.4) is 0 Å². The van der Waals surface area contributed by atoms with Gasteiger partial charge in [-0.3, -0.25) is 0 Å². The fourth-order valence-electron chi connectivity index (χ4n) is 1.66. The maximum atomic E-state index is 5.60. The number of ether oxygens (including phenoxy) is 2. The van der Waals surface area contributed by atoms with E-state index in [4.69, 9.17) is 9.47 Å². The molecule has 1 heterocycles. The van der Waals surface area contributed by atoms with Crippen molar-refractivity contribution in [3.63, 3.8) is 0 Å². The topological polar surface area (TPSA) is 18.5 Å². The second-order valence-corrected chi connectivity index (χ2v) is 3.56. The molecule has 0 radical (unpaired) electrons. The SMILES string of the molecule is CCC1C=CC2(C=C1)OCCCO2. The third-order valence-corrected chi connectivity index (χ3v) is 2.57. The summed E-state index contributed by atoms with van der Waals surface area (Å²) < 4.78 is 11.2. The van der Waals surface area contributed by atoms with Crippen molar-refractivity contribution in [3.05, 3.63) is 24.3 Å². The van der Waals surface area contributed by atoms with Gasteiger partial charge in [-0.15, -0.1) is 0 Å². The summed E-state index contributed by atoms with van der Waals surface area (Å²) >= 11 is 0. The standard InChI is InChI=1S/C11H16O2/c1-2-10-4-6-11(7-5-10)12-8-3-9-13-11/h4-7,10H,2-3,8-9H2,1H3. The molecule has 0 N–H and O–H groups in total. The molecule has 2 rings (SSSR count). The highest BCUT2D eigenvalue weighted by Gasteiger charge is 2.30. The van der Waals surface area contributed by atoms with Gasteiger partial charge in [0.1, 0.15) is 0 Å². The zero-order chi connectivity index (χ0) is 9.15. The highest BCUT2D eigenvalue weighted by molar-refractivity contribution is 5.19. The average molecular weight is 180 g/mol. The summed E-state index contributed by atoms with van der Waals surface area (Å²) in [5, 5.41) is 0. The summed E-state index contributed by atoms with van der Waals surface area (Å²) in [5.74, 6) is 0.0314. The second kappa shape index (κ2) is 3.64. The second-order valence-electron chi connectivity index (χ2n) is 3.56. The van der Waals surface area contributed by atoms with Crippen molar-refractivity contribution in [2.75, 3.05) is 13.2 Å². The molecule has 1 fully saturated rings. The Balaban J connectivity index is 2.05. The number of hydrogen-bond donors (Lipinski definition) is 0. The zero-order valence-electron chi connectivity index (χ0n) is 8.03. The fraction of sp³-hybridized carbons (Fsp3) is 0.636. The molecule has 0 saturated carbocycles. The van der Waals surface area contributed by atoms with E-state index in [0.29, 0.717) is 5.92 Å². The zero-order valence-corrected chi connectivity index (χ0v) is 8.03. The van der Waals surface area contributed by atoms with Crippen molar-refractivity contribution < 1.29 is 9.47 Å². The van der Waals surface area contributed by atoms with Gasteiger partial charge in [-0.25, -0.2) is 0 Å². The molecule has 0 atom stereocenters. The minimum atomic E-state index is -0.524. The van der Waals surface area contributed by atoms with E-state index in [1.807, 2.05) is 12.2 Å². The Morgan fingerprint density at radius 2 is 1.85 bits per heavy atom. The van der Waals surface area contributed by atoms with E-state index in [1.165, 1.54) is 0 Å². The van der Waals surface area contributed by atoms with Gasteiger partial charge in [0.25, 0.3) is 0 Å². The smallest absolute Gasteiger partial charge is 0.207 e. The molecule has 0 unspecified atom stereocenters. The third kappa shape index (κ3) is 1.84. The Bertz CT molecular complexity index is 208. The van der Waals surface area contributed by atoms with Crippen molar-refractivity contribution in [2.45, 2.75) is 25.6 Å². The van der Waals surface area contributed by atoms with Gasteiger partial charge in [-0.05, 0) is 30.9 Å². The highest BCUT2D eigenvalue weighted by atomic mass is 16.7. The van der Waals surface area contributed by atoms with Crippen LogP contribution < -0.4 is 0 Å². The molecule has 0 amide bonds. The van der Waals surface area contributed by atoms with Gasteiger partial charge in [0, 0.05) is 0 Å². The Morgan fingerprint density at radius 1 is 1.23 bits per heavy atom. The summed E-state index contributed by atoms with van der Waals surface area (Å²) in [6, 6.07) is 0. The van der Waals surface area contributed by atoms with Gasteiger partial charge < -0.3 is 9.47 Å². The van der Waals surface area contributed by atoms with Gasteiger partial charge in [-0.1, -0.05) is 19.1 Å². The average Bonchev–Trinajstić information content (AvgIpc) is 2.20. The van der Waals surface area contributed by atoms with Gasteiger partial charge in [-0.2, -0.15) is 0 Å². The van der Waals surface area contributed by atoms with Crippen LogP contribution in [-0.4, -0.2) is 19.0 Å². The van der Waals surface area contributed by atoms with Crippen molar-refractivity contribution in [3.8, 4) is 0 Å². The van der Waals surface area contributed by atoms with Crippen LogP contribution >= 0.6 is 0 Å². The van der Waals surface area contributed by atoms with Crippen molar-refractivity contribution in [1.82, 2.24) is 0 Å². The van der Waals surface area contributed by atoms with E-state index in [-0.39, 0.29) is 0 Å². The van der Waals surface area contributed by atoms with Gasteiger partial charge in [0.05, 0.1) is 13.2 Å². The summed E-state index contributed by atoms with van der Waals surface area (Å²) in [4.78, 5) is 0. The molecule has 13 heavy (non-hydrogen) atoms. The van der Waals surface area contributed by atoms with E-state index >= 15 is 0 Å². The molecule has 72 valence electrons. The van der Waals surface area contributed by atoms with E-state index < -0.39 is 5.79 Å². The first-order chi connectivity index (χ1) is 6.35. The van der Waals surface area contributed by atoms with Crippen LogP contribution in [0.25, 0.3) is 0 Å². The van der Waals surface area contributed by atoms with Gasteiger partial charge >= 0.3 is 0 Å². The van der Waals surface area contributed by atoms with Crippen molar-refractivity contribution in [2.24, 2.45) is 5.92 Å². The Labute approximate surface area is 79.2 Å². The molecule has 1 aliphatic heterocycles. The molecule has 2 heteroatoms. The van der Waals surface area contributed by atoms with Gasteiger partial charge in [0.15, 0.2) is 0 Å². The molecule has 0 aromatic carbocycles. The molecule has 0 bridgehead atoms. The van der Waals surface area contributed by atoms with E-state index in [1.54, 1.807) is 0 Å². The molecule has 2 aliphatic rings. The van der Waals surface area contributed by atoms with Crippen LogP contribution in [0.15, 0.2) is 24.3 Å². The summed E-state index contributed by atoms with van der Waals surface area (Å²) in [6.07, 6.45) is 10.6. The minimum absolute atomic E-state index is 0.524. The van der Waals surface area contributed by atoms with Gasteiger partial charge in [0.2, 0.25) is 5.79 Å². The summed E-state index contributed by atoms with van der Waals surface area (Å²) in [7, 11) is 0. The van der Waals surface area contributed by atoms with Crippen molar-refractivity contribution in [1.29, 1.82) is 0 Å². The first-order valence-corrected chi connectivity index (χ1v) is 5.01. The van der Waals surface area contributed by atoms with Crippen LogP contribution in [0.4, 0.5) is 0 Å². The monoisotopic (exact) mass is 180 g/mol. The molecule has 1 aliphatic carbocycles. The first kappa shape index (κ1) is 8.97. The molecule has 0 aromatic heterocycles.